The molecule has 0 bridgehead atoms. The summed E-state index contributed by atoms with van der Waals surface area (Å²) >= 11 is 0. The summed E-state index contributed by atoms with van der Waals surface area (Å²) in [5, 5.41) is 0. The van der Waals surface area contributed by atoms with Crippen molar-refractivity contribution in [2.24, 2.45) is 0 Å². The van der Waals surface area contributed by atoms with Gasteiger partial charge in [0.15, 0.2) is 0 Å². The Hall–Kier alpha value is -4.32. The predicted octanol–water partition coefficient (Wildman–Crippen LogP) is 3.70. The second-order valence-electron chi connectivity index (χ2n) is 6.80. The Morgan fingerprint density at radius 1 is 0.633 bits per heavy atom. The van der Waals surface area contributed by atoms with E-state index in [2.05, 4.69) is 4.98 Å². The molecule has 0 spiro atoms. The van der Waals surface area contributed by atoms with Crippen LogP contribution in [0.25, 0.3) is 17.1 Å². The zero-order valence-electron chi connectivity index (χ0n) is 15.7. The molecule has 0 unspecified atom stereocenters. The molecule has 144 valence electrons. The van der Waals surface area contributed by atoms with Crippen LogP contribution in [0.2, 0.25) is 0 Å². The maximum absolute atomic E-state index is 13.6. The third-order valence-corrected chi connectivity index (χ3v) is 5.02. The van der Waals surface area contributed by atoms with Gasteiger partial charge in [-0.2, -0.15) is 0 Å². The molecule has 3 aromatic carbocycles. The fourth-order valence-electron chi connectivity index (χ4n) is 3.61. The normalized spacial score (nSPS) is 12.9. The van der Waals surface area contributed by atoms with E-state index >= 15 is 0 Å². The van der Waals surface area contributed by atoms with Crippen molar-refractivity contribution in [1.82, 2.24) is 9.55 Å². The topological polar surface area (TPSA) is 72.3 Å². The summed E-state index contributed by atoms with van der Waals surface area (Å²) in [6.07, 6.45) is 1.30. The highest BCUT2D eigenvalue weighted by Gasteiger charge is 2.38. The largest absolute Gasteiger partial charge is 0.282 e. The van der Waals surface area contributed by atoms with Crippen molar-refractivity contribution in [3.8, 4) is 17.1 Å². The maximum Gasteiger partial charge on any atom is 0.282 e. The van der Waals surface area contributed by atoms with Crippen molar-refractivity contribution >= 4 is 17.5 Å². The number of fused-ring (bicyclic) bond motifs is 1. The molecule has 2 heterocycles. The smallest absolute Gasteiger partial charge is 0.268 e. The molecule has 6 heteroatoms. The standard InChI is InChI=1S/C24H15N3O3/c28-22-18-13-7-8-14-19(18)23(29)27(22)20-15-25-21(16-9-3-1-4-10-16)26(24(20)30)17-11-5-2-6-12-17/h1-15H. The molecular formula is C24H15N3O3. The van der Waals surface area contributed by atoms with Crippen LogP contribution in [0.1, 0.15) is 20.7 Å². The molecule has 0 atom stereocenters. The van der Waals surface area contributed by atoms with Crippen molar-refractivity contribution in [2.45, 2.75) is 0 Å². The molecule has 2 amide bonds. The van der Waals surface area contributed by atoms with E-state index in [9.17, 15) is 14.4 Å². The summed E-state index contributed by atoms with van der Waals surface area (Å²) in [5.41, 5.74) is 1.31. The molecule has 1 aliphatic heterocycles. The van der Waals surface area contributed by atoms with Gasteiger partial charge in [-0.15, -0.1) is 0 Å². The lowest BCUT2D eigenvalue weighted by atomic mass is 10.1. The van der Waals surface area contributed by atoms with Gasteiger partial charge in [-0.05, 0) is 24.3 Å². The van der Waals surface area contributed by atoms with Gasteiger partial charge in [0.25, 0.3) is 17.4 Å². The number of hydrogen-bond donors (Lipinski definition) is 0. The number of nitrogens with zero attached hydrogens (tertiary/aromatic N) is 3. The van der Waals surface area contributed by atoms with Gasteiger partial charge in [-0.25, -0.2) is 9.88 Å². The van der Waals surface area contributed by atoms with Gasteiger partial charge >= 0.3 is 0 Å². The van der Waals surface area contributed by atoms with Crippen LogP contribution in [0.15, 0.2) is 95.9 Å². The minimum atomic E-state index is -0.526. The third kappa shape index (κ3) is 2.66. The SMILES string of the molecule is O=C1c2ccccc2C(=O)N1c1cnc(-c2ccccc2)n(-c2ccccc2)c1=O. The van der Waals surface area contributed by atoms with Gasteiger partial charge in [0, 0.05) is 5.56 Å². The van der Waals surface area contributed by atoms with Gasteiger partial charge in [0.1, 0.15) is 11.5 Å². The van der Waals surface area contributed by atoms with E-state index in [0.29, 0.717) is 11.5 Å². The molecule has 0 radical (unpaired) electrons. The van der Waals surface area contributed by atoms with E-state index in [0.717, 1.165) is 10.5 Å². The van der Waals surface area contributed by atoms with Gasteiger partial charge in [0.2, 0.25) is 0 Å². The Morgan fingerprint density at radius 2 is 1.17 bits per heavy atom. The molecule has 1 aromatic heterocycles. The van der Waals surface area contributed by atoms with E-state index < -0.39 is 17.4 Å². The van der Waals surface area contributed by atoms with E-state index in [1.165, 1.54) is 10.8 Å². The van der Waals surface area contributed by atoms with Gasteiger partial charge in [-0.3, -0.25) is 19.0 Å². The lowest BCUT2D eigenvalue weighted by Crippen LogP contribution is -2.36. The molecular weight excluding hydrogens is 378 g/mol. The number of benzene rings is 3. The molecule has 0 fully saturated rings. The van der Waals surface area contributed by atoms with Crippen LogP contribution in [0, 0.1) is 0 Å². The fraction of sp³-hybridized carbons (Fsp3) is 0. The van der Waals surface area contributed by atoms with Crippen LogP contribution >= 0.6 is 0 Å². The second-order valence-corrected chi connectivity index (χ2v) is 6.80. The van der Waals surface area contributed by atoms with Crippen LogP contribution in [-0.2, 0) is 0 Å². The van der Waals surface area contributed by atoms with Crippen LogP contribution in [-0.4, -0.2) is 21.4 Å². The summed E-state index contributed by atoms with van der Waals surface area (Å²) in [4.78, 5) is 44.7. The Morgan fingerprint density at radius 3 is 1.77 bits per heavy atom. The Bertz CT molecular complexity index is 1310. The van der Waals surface area contributed by atoms with Crippen LogP contribution in [0.5, 0.6) is 0 Å². The highest BCUT2D eigenvalue weighted by Crippen LogP contribution is 2.27. The zero-order valence-corrected chi connectivity index (χ0v) is 15.7. The van der Waals surface area contributed by atoms with Gasteiger partial charge in [-0.1, -0.05) is 60.7 Å². The monoisotopic (exact) mass is 393 g/mol. The quantitative estimate of drug-likeness (QED) is 0.498. The molecule has 1 aliphatic rings. The molecule has 6 nitrogen and oxygen atoms in total. The Labute approximate surface area is 171 Å². The summed E-state index contributed by atoms with van der Waals surface area (Å²) < 4.78 is 1.42. The van der Waals surface area contributed by atoms with E-state index in [1.807, 2.05) is 48.5 Å². The average Bonchev–Trinajstić information content (AvgIpc) is 3.05. The summed E-state index contributed by atoms with van der Waals surface area (Å²) in [5.74, 6) is -0.629. The number of imide groups is 1. The number of carbonyl (C=O) groups excluding carboxylic acids is 2. The van der Waals surface area contributed by atoms with E-state index in [1.54, 1.807) is 36.4 Å². The maximum atomic E-state index is 13.6. The molecule has 0 N–H and O–H groups in total. The number of anilines is 1. The van der Waals surface area contributed by atoms with Gasteiger partial charge in [0.05, 0.1) is 23.0 Å². The minimum Gasteiger partial charge on any atom is -0.268 e. The molecule has 5 rings (SSSR count). The van der Waals surface area contributed by atoms with Crippen molar-refractivity contribution < 1.29 is 9.59 Å². The Balaban J connectivity index is 1.74. The lowest BCUT2D eigenvalue weighted by molar-refractivity contribution is 0.0925. The number of hydrogen-bond acceptors (Lipinski definition) is 4. The van der Waals surface area contributed by atoms with Crippen molar-refractivity contribution in [3.63, 3.8) is 0 Å². The second kappa shape index (κ2) is 6.93. The van der Waals surface area contributed by atoms with Crippen molar-refractivity contribution in [1.29, 1.82) is 0 Å². The first-order valence-corrected chi connectivity index (χ1v) is 9.37. The van der Waals surface area contributed by atoms with Crippen LogP contribution in [0.3, 0.4) is 0 Å². The first kappa shape index (κ1) is 17.8. The number of amides is 2. The van der Waals surface area contributed by atoms with Crippen molar-refractivity contribution in [3.05, 3.63) is 113 Å². The first-order valence-electron chi connectivity index (χ1n) is 9.37. The number of rotatable bonds is 3. The number of carbonyl (C=O) groups is 2. The van der Waals surface area contributed by atoms with Crippen molar-refractivity contribution in [2.75, 3.05) is 4.90 Å². The van der Waals surface area contributed by atoms with Gasteiger partial charge < -0.3 is 0 Å². The summed E-state index contributed by atoms with van der Waals surface area (Å²) in [6.45, 7) is 0. The lowest BCUT2D eigenvalue weighted by Gasteiger charge is -2.18. The highest BCUT2D eigenvalue weighted by molar-refractivity contribution is 6.34. The molecule has 0 saturated carbocycles. The molecule has 0 saturated heterocycles. The fourth-order valence-corrected chi connectivity index (χ4v) is 3.61. The third-order valence-electron chi connectivity index (χ3n) is 5.02. The summed E-state index contributed by atoms with van der Waals surface area (Å²) in [7, 11) is 0. The van der Waals surface area contributed by atoms with Crippen LogP contribution in [0.4, 0.5) is 5.69 Å². The van der Waals surface area contributed by atoms with E-state index in [4.69, 9.17) is 0 Å². The van der Waals surface area contributed by atoms with Crippen LogP contribution < -0.4 is 10.5 Å². The molecule has 30 heavy (non-hydrogen) atoms. The minimum absolute atomic E-state index is 0.0789. The number of aromatic nitrogens is 2. The van der Waals surface area contributed by atoms with E-state index in [-0.39, 0.29) is 16.8 Å². The summed E-state index contributed by atoms with van der Waals surface area (Å²) in [6, 6.07) is 24.8. The zero-order chi connectivity index (χ0) is 20.7. The average molecular weight is 393 g/mol. The Kier molecular flexibility index (Phi) is 4.10. The molecule has 0 aliphatic carbocycles. The predicted molar refractivity (Wildman–Crippen MR) is 113 cm³/mol. The molecule has 4 aromatic rings. The highest BCUT2D eigenvalue weighted by atomic mass is 16.2. The number of para-hydroxylation sites is 1. The first-order chi connectivity index (χ1) is 14.7.